The maximum Gasteiger partial charge on any atom is 0.325 e. The normalized spacial score (nSPS) is 13.5. The molecule has 2 aromatic carbocycles. The Kier molecular flexibility index (Phi) is 10.9. The summed E-state index contributed by atoms with van der Waals surface area (Å²) in [5.74, 6) is -0.237. The molecule has 8 nitrogen and oxygen atoms in total. The number of carbonyl (C=O) groups is 2. The molecule has 2 aromatic rings. The molecule has 8 heteroatoms. The van der Waals surface area contributed by atoms with Crippen molar-refractivity contribution >= 4 is 11.9 Å². The lowest BCUT2D eigenvalue weighted by molar-refractivity contribution is -0.139. The van der Waals surface area contributed by atoms with E-state index in [-0.39, 0.29) is 29.8 Å². The van der Waals surface area contributed by atoms with Gasteiger partial charge in [-0.05, 0) is 60.1 Å². The molecule has 0 aliphatic rings. The summed E-state index contributed by atoms with van der Waals surface area (Å²) in [6.07, 6.45) is 0.574. The maximum atomic E-state index is 12.7. The second kappa shape index (κ2) is 13.2. The van der Waals surface area contributed by atoms with Crippen LogP contribution in [0.4, 0.5) is 0 Å². The molecule has 210 valence electrons. The van der Waals surface area contributed by atoms with E-state index in [9.17, 15) is 14.7 Å². The molecule has 2 atom stereocenters. The minimum atomic E-state index is -0.642. The highest BCUT2D eigenvalue weighted by Crippen LogP contribution is 2.41. The van der Waals surface area contributed by atoms with Gasteiger partial charge in [-0.25, -0.2) is 0 Å². The van der Waals surface area contributed by atoms with E-state index in [1.165, 1.54) is 7.11 Å². The monoisotopic (exact) mass is 527 g/mol. The van der Waals surface area contributed by atoms with Crippen molar-refractivity contribution < 1.29 is 24.2 Å². The van der Waals surface area contributed by atoms with Crippen LogP contribution in [-0.2, 0) is 28.0 Å². The summed E-state index contributed by atoms with van der Waals surface area (Å²) >= 11 is 0. The van der Waals surface area contributed by atoms with Crippen LogP contribution in [0.5, 0.6) is 5.75 Å². The van der Waals surface area contributed by atoms with E-state index >= 15 is 0 Å². The van der Waals surface area contributed by atoms with Crippen LogP contribution < -0.4 is 21.5 Å². The lowest BCUT2D eigenvalue weighted by Gasteiger charge is -2.35. The SMILES string of the molecule is CCC(CC)(c1ccc(OC(C)C(O)C(C)(C)C)c(CN)c1)c1ccc(C(=O)NCC(=O)OC)c(CN)c1. The van der Waals surface area contributed by atoms with Gasteiger partial charge in [0.1, 0.15) is 18.4 Å². The smallest absolute Gasteiger partial charge is 0.325 e. The number of aliphatic hydroxyl groups excluding tert-OH is 1. The Morgan fingerprint density at radius 3 is 2.03 bits per heavy atom. The van der Waals surface area contributed by atoms with E-state index in [2.05, 4.69) is 36.0 Å². The summed E-state index contributed by atoms with van der Waals surface area (Å²) in [6, 6.07) is 11.8. The van der Waals surface area contributed by atoms with Gasteiger partial charge in [0.05, 0.1) is 13.2 Å². The maximum absolute atomic E-state index is 12.7. The van der Waals surface area contributed by atoms with Crippen LogP contribution in [0.1, 0.15) is 87.0 Å². The molecule has 2 rings (SSSR count). The molecule has 6 N–H and O–H groups in total. The van der Waals surface area contributed by atoms with E-state index in [1.807, 2.05) is 45.9 Å². The first-order chi connectivity index (χ1) is 17.9. The van der Waals surface area contributed by atoms with Gasteiger partial charge in [0.25, 0.3) is 5.91 Å². The second-order valence-corrected chi connectivity index (χ2v) is 10.8. The molecule has 38 heavy (non-hydrogen) atoms. The molecule has 0 spiro atoms. The van der Waals surface area contributed by atoms with Crippen LogP contribution in [-0.4, -0.2) is 42.8 Å². The van der Waals surface area contributed by atoms with Crippen LogP contribution in [0.2, 0.25) is 0 Å². The highest BCUT2D eigenvalue weighted by molar-refractivity contribution is 5.97. The Morgan fingerprint density at radius 2 is 1.53 bits per heavy atom. The number of rotatable bonds is 12. The Morgan fingerprint density at radius 1 is 0.974 bits per heavy atom. The number of carbonyl (C=O) groups excluding carboxylic acids is 2. The minimum absolute atomic E-state index is 0.174. The Bertz CT molecular complexity index is 1110. The first-order valence-corrected chi connectivity index (χ1v) is 13.2. The zero-order valence-corrected chi connectivity index (χ0v) is 23.9. The van der Waals surface area contributed by atoms with E-state index in [4.69, 9.17) is 16.2 Å². The summed E-state index contributed by atoms with van der Waals surface area (Å²) in [7, 11) is 1.27. The molecule has 1 amide bonds. The zero-order valence-electron chi connectivity index (χ0n) is 23.9. The number of aliphatic hydroxyl groups is 1. The van der Waals surface area contributed by atoms with Crippen molar-refractivity contribution in [1.82, 2.24) is 5.32 Å². The van der Waals surface area contributed by atoms with Gasteiger partial charge in [0, 0.05) is 29.6 Å². The van der Waals surface area contributed by atoms with Crippen LogP contribution in [0.25, 0.3) is 0 Å². The predicted molar refractivity (Wildman–Crippen MR) is 150 cm³/mol. The Labute approximate surface area is 227 Å². The van der Waals surface area contributed by atoms with Gasteiger partial charge >= 0.3 is 5.97 Å². The average molecular weight is 528 g/mol. The minimum Gasteiger partial charge on any atom is -0.488 e. The third kappa shape index (κ3) is 6.92. The molecule has 0 saturated heterocycles. The Hall–Kier alpha value is -2.94. The fraction of sp³-hybridized carbons (Fsp3) is 0.533. The molecular weight excluding hydrogens is 482 g/mol. The number of hydrogen-bond acceptors (Lipinski definition) is 7. The summed E-state index contributed by atoms with van der Waals surface area (Å²) in [5.41, 5.74) is 15.6. The number of nitrogens with two attached hydrogens (primary N) is 2. The lowest BCUT2D eigenvalue weighted by Crippen LogP contribution is -2.39. The number of methoxy groups -OCH3 is 1. The summed E-state index contributed by atoms with van der Waals surface area (Å²) < 4.78 is 10.8. The van der Waals surface area contributed by atoms with Gasteiger partial charge in [-0.3, -0.25) is 9.59 Å². The van der Waals surface area contributed by atoms with Crippen molar-refractivity contribution in [3.8, 4) is 5.75 Å². The lowest BCUT2D eigenvalue weighted by atomic mass is 9.69. The molecule has 0 saturated carbocycles. The van der Waals surface area contributed by atoms with E-state index in [0.29, 0.717) is 23.4 Å². The Balaban J connectivity index is 2.47. The standard InChI is InChI=1S/C30H45N3O5/c1-8-30(9-2,22-10-12-24(20(14-22)16-31)28(36)33-18-26(34)37-7)23-11-13-25(21(15-23)17-32)38-19(3)27(35)29(4,5)6/h10-15,19,27,35H,8-9,16-18,31-32H2,1-7H3,(H,33,36). The molecule has 2 unspecified atom stereocenters. The number of esters is 1. The molecule has 0 aliphatic heterocycles. The molecule has 0 aromatic heterocycles. The zero-order chi connectivity index (χ0) is 28.7. The highest BCUT2D eigenvalue weighted by Gasteiger charge is 2.33. The van der Waals surface area contributed by atoms with Gasteiger partial charge in [-0.1, -0.05) is 52.8 Å². The van der Waals surface area contributed by atoms with Crippen LogP contribution in [0, 0.1) is 5.41 Å². The highest BCUT2D eigenvalue weighted by atomic mass is 16.5. The van der Waals surface area contributed by atoms with Gasteiger partial charge < -0.3 is 31.4 Å². The fourth-order valence-corrected chi connectivity index (χ4v) is 4.96. The second-order valence-electron chi connectivity index (χ2n) is 10.8. The first kappa shape index (κ1) is 31.3. The van der Waals surface area contributed by atoms with Gasteiger partial charge in [0.2, 0.25) is 0 Å². The average Bonchev–Trinajstić information content (AvgIpc) is 2.91. The number of ether oxygens (including phenoxy) is 2. The van der Waals surface area contributed by atoms with Crippen LogP contribution >= 0.6 is 0 Å². The van der Waals surface area contributed by atoms with E-state index in [0.717, 1.165) is 29.5 Å². The van der Waals surface area contributed by atoms with Crippen molar-refractivity contribution in [2.45, 2.75) is 85.1 Å². The molecule has 0 aliphatic carbocycles. The number of amides is 1. The number of nitrogens with one attached hydrogen (secondary N) is 1. The van der Waals surface area contributed by atoms with Crippen molar-refractivity contribution in [3.05, 3.63) is 64.2 Å². The van der Waals surface area contributed by atoms with E-state index < -0.39 is 18.2 Å². The third-order valence-corrected chi connectivity index (χ3v) is 7.43. The number of benzene rings is 2. The summed E-state index contributed by atoms with van der Waals surface area (Å²) in [5, 5.41) is 13.2. The molecule has 0 radical (unpaired) electrons. The molecular formula is C30H45N3O5. The van der Waals surface area contributed by atoms with Crippen molar-refractivity contribution in [2.24, 2.45) is 16.9 Å². The molecule has 0 bridgehead atoms. The van der Waals surface area contributed by atoms with Crippen LogP contribution in [0.3, 0.4) is 0 Å². The largest absolute Gasteiger partial charge is 0.488 e. The van der Waals surface area contributed by atoms with Gasteiger partial charge in [-0.2, -0.15) is 0 Å². The summed E-state index contributed by atoms with van der Waals surface area (Å²) in [4.78, 5) is 24.2. The third-order valence-electron chi connectivity index (χ3n) is 7.43. The quantitative estimate of drug-likeness (QED) is 0.308. The van der Waals surface area contributed by atoms with Gasteiger partial charge in [-0.15, -0.1) is 0 Å². The summed E-state index contributed by atoms with van der Waals surface area (Å²) in [6.45, 7) is 12.3. The van der Waals surface area contributed by atoms with Crippen molar-refractivity contribution in [1.29, 1.82) is 0 Å². The molecule has 0 fully saturated rings. The van der Waals surface area contributed by atoms with Crippen LogP contribution in [0.15, 0.2) is 36.4 Å². The fourth-order valence-electron chi connectivity index (χ4n) is 4.96. The van der Waals surface area contributed by atoms with E-state index in [1.54, 1.807) is 6.07 Å². The molecule has 0 heterocycles. The topological polar surface area (TPSA) is 137 Å². The van der Waals surface area contributed by atoms with Crippen molar-refractivity contribution in [3.63, 3.8) is 0 Å². The van der Waals surface area contributed by atoms with Crippen molar-refractivity contribution in [2.75, 3.05) is 13.7 Å². The number of hydrogen-bond donors (Lipinski definition) is 4. The first-order valence-electron chi connectivity index (χ1n) is 13.2. The predicted octanol–water partition coefficient (Wildman–Crippen LogP) is 3.79. The van der Waals surface area contributed by atoms with Gasteiger partial charge in [0.15, 0.2) is 0 Å².